The third kappa shape index (κ3) is 2.55. The molecule has 1 aliphatic heterocycles. The Balaban J connectivity index is 2.51. The Kier molecular flexibility index (Phi) is 4.66. The van der Waals surface area contributed by atoms with Crippen LogP contribution in [0.4, 0.5) is 0 Å². The summed E-state index contributed by atoms with van der Waals surface area (Å²) in [6, 6.07) is 4.35. The highest BCUT2D eigenvalue weighted by molar-refractivity contribution is 5.51. The molecule has 0 fully saturated rings. The fourth-order valence-electron chi connectivity index (χ4n) is 2.95. The van der Waals surface area contributed by atoms with Gasteiger partial charge in [0.2, 0.25) is 0 Å². The van der Waals surface area contributed by atoms with E-state index in [1.165, 1.54) is 11.1 Å². The lowest BCUT2D eigenvalue weighted by Gasteiger charge is -2.36. The number of hydrogen-bond donors (Lipinski definition) is 1. The minimum Gasteiger partial charge on any atom is -0.496 e. The Morgan fingerprint density at radius 2 is 1.79 bits per heavy atom. The first kappa shape index (κ1) is 14.2. The van der Waals surface area contributed by atoms with Crippen LogP contribution >= 0.6 is 0 Å². The fraction of sp³-hybridized carbons (Fsp3) is 0.600. The van der Waals surface area contributed by atoms with Gasteiger partial charge in [0.05, 0.1) is 20.3 Å². The van der Waals surface area contributed by atoms with E-state index < -0.39 is 0 Å². The van der Waals surface area contributed by atoms with Gasteiger partial charge < -0.3 is 14.8 Å². The summed E-state index contributed by atoms with van der Waals surface area (Å²) in [7, 11) is 3.46. The van der Waals surface area contributed by atoms with Gasteiger partial charge in [-0.25, -0.2) is 0 Å². The molecule has 0 saturated carbocycles. The van der Waals surface area contributed by atoms with Crippen molar-refractivity contribution in [2.24, 2.45) is 0 Å². The van der Waals surface area contributed by atoms with Crippen molar-refractivity contribution in [2.75, 3.05) is 33.9 Å². The average molecular weight is 264 g/mol. The number of ether oxygens (including phenoxy) is 2. The van der Waals surface area contributed by atoms with E-state index in [1.54, 1.807) is 14.2 Å². The second-order valence-corrected chi connectivity index (χ2v) is 4.73. The second kappa shape index (κ2) is 6.26. The molecule has 0 bridgehead atoms. The zero-order valence-corrected chi connectivity index (χ0v) is 12.3. The van der Waals surface area contributed by atoms with Crippen molar-refractivity contribution in [1.82, 2.24) is 10.2 Å². The van der Waals surface area contributed by atoms with Crippen LogP contribution in [0.5, 0.6) is 11.5 Å². The highest BCUT2D eigenvalue weighted by Gasteiger charge is 2.29. The van der Waals surface area contributed by atoms with E-state index in [4.69, 9.17) is 9.47 Å². The Morgan fingerprint density at radius 3 is 2.37 bits per heavy atom. The highest BCUT2D eigenvalue weighted by atomic mass is 16.5. The van der Waals surface area contributed by atoms with Gasteiger partial charge >= 0.3 is 0 Å². The van der Waals surface area contributed by atoms with Gasteiger partial charge in [0.1, 0.15) is 11.5 Å². The Bertz CT molecular complexity index is 430. The summed E-state index contributed by atoms with van der Waals surface area (Å²) in [6.07, 6.45) is 0. The number of rotatable bonds is 5. The topological polar surface area (TPSA) is 33.7 Å². The molecule has 106 valence electrons. The van der Waals surface area contributed by atoms with Crippen molar-refractivity contribution >= 4 is 0 Å². The minimum atomic E-state index is 0.351. The smallest absolute Gasteiger partial charge is 0.124 e. The van der Waals surface area contributed by atoms with Gasteiger partial charge in [-0.15, -0.1) is 0 Å². The summed E-state index contributed by atoms with van der Waals surface area (Å²) in [6.45, 7) is 8.26. The standard InChI is InChI=1S/C15H24N2O2/c1-5-17(6-2)12-10-16-9-11-13(18-3)7-8-14(19-4)15(11)12/h7-8,12,16H,5-6,9-10H2,1-4H3/t12-/m1/s1. The molecule has 2 rings (SSSR count). The molecule has 0 spiro atoms. The maximum Gasteiger partial charge on any atom is 0.124 e. The number of hydrogen-bond acceptors (Lipinski definition) is 4. The molecule has 1 aromatic carbocycles. The van der Waals surface area contributed by atoms with E-state index in [0.717, 1.165) is 37.7 Å². The molecule has 0 unspecified atom stereocenters. The third-order valence-corrected chi connectivity index (χ3v) is 3.94. The molecule has 1 heterocycles. The van der Waals surface area contributed by atoms with Crippen molar-refractivity contribution < 1.29 is 9.47 Å². The van der Waals surface area contributed by atoms with Crippen molar-refractivity contribution in [3.63, 3.8) is 0 Å². The molecule has 0 aromatic heterocycles. The van der Waals surface area contributed by atoms with Crippen LogP contribution in [0, 0.1) is 0 Å². The fourth-order valence-corrected chi connectivity index (χ4v) is 2.95. The zero-order valence-electron chi connectivity index (χ0n) is 12.3. The highest BCUT2D eigenvalue weighted by Crippen LogP contribution is 2.39. The molecule has 1 N–H and O–H groups in total. The quantitative estimate of drug-likeness (QED) is 0.884. The van der Waals surface area contributed by atoms with Gasteiger partial charge in [-0.05, 0) is 25.2 Å². The Labute approximate surface area is 115 Å². The molecule has 19 heavy (non-hydrogen) atoms. The first-order chi connectivity index (χ1) is 9.26. The number of likely N-dealkylation sites (N-methyl/N-ethyl adjacent to an activating group) is 1. The summed E-state index contributed by atoms with van der Waals surface area (Å²) < 4.78 is 11.1. The molecule has 4 heteroatoms. The van der Waals surface area contributed by atoms with E-state index >= 15 is 0 Å². The van der Waals surface area contributed by atoms with Crippen LogP contribution in [0.1, 0.15) is 31.0 Å². The zero-order chi connectivity index (χ0) is 13.8. The number of nitrogens with one attached hydrogen (secondary N) is 1. The third-order valence-electron chi connectivity index (χ3n) is 3.94. The first-order valence-corrected chi connectivity index (χ1v) is 6.95. The van der Waals surface area contributed by atoms with Crippen LogP contribution < -0.4 is 14.8 Å². The van der Waals surface area contributed by atoms with E-state index in [0.29, 0.717) is 6.04 Å². The number of benzene rings is 1. The second-order valence-electron chi connectivity index (χ2n) is 4.73. The summed E-state index contributed by atoms with van der Waals surface area (Å²) in [4.78, 5) is 2.45. The normalized spacial score (nSPS) is 18.3. The molecule has 1 aliphatic rings. The predicted octanol–water partition coefficient (Wildman–Crippen LogP) is 2.19. The lowest BCUT2D eigenvalue weighted by atomic mass is 9.93. The van der Waals surface area contributed by atoms with Crippen molar-refractivity contribution in [3.8, 4) is 11.5 Å². The van der Waals surface area contributed by atoms with Gasteiger partial charge in [0, 0.05) is 24.2 Å². The lowest BCUT2D eigenvalue weighted by molar-refractivity contribution is 0.198. The summed E-state index contributed by atoms with van der Waals surface area (Å²) in [5.74, 6) is 1.91. The van der Waals surface area contributed by atoms with Crippen LogP contribution in [0.25, 0.3) is 0 Å². The molecular formula is C15H24N2O2. The van der Waals surface area contributed by atoms with Crippen LogP contribution in [0.2, 0.25) is 0 Å². The molecule has 1 atom stereocenters. The van der Waals surface area contributed by atoms with Gasteiger partial charge in [-0.2, -0.15) is 0 Å². The molecule has 4 nitrogen and oxygen atoms in total. The summed E-state index contributed by atoms with van der Waals surface area (Å²) >= 11 is 0. The molecular weight excluding hydrogens is 240 g/mol. The molecule has 0 saturated heterocycles. The molecule has 0 radical (unpaired) electrons. The van der Waals surface area contributed by atoms with Crippen LogP contribution in [-0.2, 0) is 6.54 Å². The SMILES string of the molecule is CCN(CC)[C@@H]1CNCc2c(OC)ccc(OC)c21. The Morgan fingerprint density at radius 1 is 1.16 bits per heavy atom. The molecule has 0 aliphatic carbocycles. The first-order valence-electron chi connectivity index (χ1n) is 6.95. The van der Waals surface area contributed by atoms with Crippen LogP contribution in [0.3, 0.4) is 0 Å². The van der Waals surface area contributed by atoms with Gasteiger partial charge in [-0.1, -0.05) is 13.8 Å². The summed E-state index contributed by atoms with van der Waals surface area (Å²) in [5.41, 5.74) is 2.51. The van der Waals surface area contributed by atoms with Crippen molar-refractivity contribution in [3.05, 3.63) is 23.3 Å². The van der Waals surface area contributed by atoms with Gasteiger partial charge in [-0.3, -0.25) is 4.90 Å². The van der Waals surface area contributed by atoms with E-state index in [2.05, 4.69) is 24.1 Å². The van der Waals surface area contributed by atoms with E-state index in [9.17, 15) is 0 Å². The monoisotopic (exact) mass is 264 g/mol. The number of nitrogens with zero attached hydrogens (tertiary/aromatic N) is 1. The maximum atomic E-state index is 5.57. The lowest BCUT2D eigenvalue weighted by Crippen LogP contribution is -2.40. The van der Waals surface area contributed by atoms with Crippen molar-refractivity contribution in [2.45, 2.75) is 26.4 Å². The number of methoxy groups -OCH3 is 2. The van der Waals surface area contributed by atoms with Crippen LogP contribution in [-0.4, -0.2) is 38.8 Å². The van der Waals surface area contributed by atoms with E-state index in [1.807, 2.05) is 12.1 Å². The van der Waals surface area contributed by atoms with Gasteiger partial charge in [0.25, 0.3) is 0 Å². The largest absolute Gasteiger partial charge is 0.496 e. The minimum absolute atomic E-state index is 0.351. The van der Waals surface area contributed by atoms with Gasteiger partial charge in [0.15, 0.2) is 0 Å². The van der Waals surface area contributed by atoms with E-state index in [-0.39, 0.29) is 0 Å². The van der Waals surface area contributed by atoms with Crippen molar-refractivity contribution in [1.29, 1.82) is 0 Å². The molecule has 1 aromatic rings. The average Bonchev–Trinajstić information content (AvgIpc) is 2.47. The molecule has 0 amide bonds. The summed E-state index contributed by atoms with van der Waals surface area (Å²) in [5, 5.41) is 3.49. The number of fused-ring (bicyclic) bond motifs is 1. The Hall–Kier alpha value is -1.26. The maximum absolute atomic E-state index is 5.57. The predicted molar refractivity (Wildman–Crippen MR) is 76.9 cm³/mol. The van der Waals surface area contributed by atoms with Crippen LogP contribution in [0.15, 0.2) is 12.1 Å².